The van der Waals surface area contributed by atoms with E-state index >= 15 is 0 Å². The van der Waals surface area contributed by atoms with Crippen LogP contribution in [0.25, 0.3) is 0 Å². The minimum atomic E-state index is -5.18. The molecule has 1 rings (SSSR count). The minimum Gasteiger partial charge on any atom is -0.462 e. The predicted octanol–water partition coefficient (Wildman–Crippen LogP) is 7.55. The Morgan fingerprint density at radius 3 is 1.76 bits per heavy atom. The van der Waals surface area contributed by atoms with Gasteiger partial charge in [0.1, 0.15) is 43.2 Å². The van der Waals surface area contributed by atoms with Gasteiger partial charge in [0.05, 0.1) is 18.8 Å². The summed E-state index contributed by atoms with van der Waals surface area (Å²) in [7, 11) is -5.18. The molecule has 0 saturated heterocycles. The Bertz CT molecular complexity index is 1620. The van der Waals surface area contributed by atoms with Crippen molar-refractivity contribution < 1.29 is 73.3 Å². The molecule has 1 fully saturated rings. The molecule has 0 spiro atoms. The molecule has 10 atom stereocenters. The van der Waals surface area contributed by atoms with Crippen LogP contribution < -0.4 is 0 Å². The standard InChI is InChI=1S/C51H81O15P/c1-3-5-7-8-9-10-11-12-13-14-15-16-17-18-22-25-31-38-45(55)65-43(40-64-67(61,62)66-51-49(59)47(57)46(56)48(58)50(51)60)39-63-44(54)37-32-26-30-36-42(53)35-29-24-21-19-20-23-28-34-41(52)33-27-6-4-2/h6,9-10,12-13,15-16,20-21,23-24,27-30,34-36,41-43,46-53,56-60H,3-5,7-8,11,14,17-19,22,25-26,31-33,37-40H2,1-2H3,(H,61,62)/b10-9-,13-12-,16-15-,23-20-,24-21-,27-6-,34-28+,35-29+,36-30-/t41-,42-,43-,46?,47-,48+,49-,50-,51?/m1/s1. The van der Waals surface area contributed by atoms with Crippen molar-refractivity contribution in [2.75, 3.05) is 13.2 Å². The van der Waals surface area contributed by atoms with Gasteiger partial charge in [0.25, 0.3) is 0 Å². The first-order valence-corrected chi connectivity index (χ1v) is 25.4. The average molecular weight is 965 g/mol. The smallest absolute Gasteiger partial charge is 0.462 e. The first-order chi connectivity index (χ1) is 32.2. The molecular weight excluding hydrogens is 884 g/mol. The summed E-state index contributed by atoms with van der Waals surface area (Å²) in [6, 6.07) is 0. The number of ether oxygens (including phenoxy) is 2. The number of allylic oxidation sites excluding steroid dienone is 14. The summed E-state index contributed by atoms with van der Waals surface area (Å²) in [6.07, 6.45) is 33.4. The zero-order chi connectivity index (χ0) is 49.5. The molecule has 0 aromatic heterocycles. The molecule has 1 aliphatic rings. The lowest BCUT2D eigenvalue weighted by Crippen LogP contribution is -2.64. The number of rotatable bonds is 37. The van der Waals surface area contributed by atoms with Gasteiger partial charge in [-0.3, -0.25) is 18.6 Å². The molecule has 8 N–H and O–H groups in total. The van der Waals surface area contributed by atoms with Gasteiger partial charge in [0, 0.05) is 12.8 Å². The van der Waals surface area contributed by atoms with Crippen LogP contribution in [0.15, 0.2) is 109 Å². The van der Waals surface area contributed by atoms with Crippen molar-refractivity contribution in [3.05, 3.63) is 109 Å². The van der Waals surface area contributed by atoms with Crippen LogP contribution in [-0.2, 0) is 32.7 Å². The van der Waals surface area contributed by atoms with Crippen LogP contribution in [-0.4, -0.2) is 121 Å². The highest BCUT2D eigenvalue weighted by Crippen LogP contribution is 2.47. The van der Waals surface area contributed by atoms with Gasteiger partial charge in [-0.1, -0.05) is 149 Å². The van der Waals surface area contributed by atoms with Crippen molar-refractivity contribution in [2.24, 2.45) is 0 Å². The fraction of sp³-hybridized carbons (Fsp3) is 0.608. The number of phosphoric acid groups is 1. The van der Waals surface area contributed by atoms with E-state index in [2.05, 4.69) is 43.4 Å². The van der Waals surface area contributed by atoms with Crippen LogP contribution in [0.4, 0.5) is 0 Å². The van der Waals surface area contributed by atoms with Gasteiger partial charge in [-0.25, -0.2) is 4.57 Å². The van der Waals surface area contributed by atoms with Crippen LogP contribution in [0.2, 0.25) is 0 Å². The van der Waals surface area contributed by atoms with Crippen LogP contribution in [0.5, 0.6) is 0 Å². The number of hydrogen-bond donors (Lipinski definition) is 8. The molecule has 0 aliphatic heterocycles. The van der Waals surface area contributed by atoms with Gasteiger partial charge < -0.3 is 50.1 Å². The van der Waals surface area contributed by atoms with Crippen LogP contribution in [0.1, 0.15) is 129 Å². The maximum Gasteiger partial charge on any atom is 0.472 e. The lowest BCUT2D eigenvalue weighted by atomic mass is 9.85. The first kappa shape index (κ1) is 61.4. The molecule has 0 aromatic carbocycles. The molecular formula is C51H81O15P. The molecule has 0 bridgehead atoms. The second-order valence-corrected chi connectivity index (χ2v) is 17.7. The quantitative estimate of drug-likeness (QED) is 0.00984. The molecule has 0 amide bonds. The SMILES string of the molecule is CC/C=C\C[C@@H](O)/C=C/C=C\C/C=C\C=C\[C@@H](O)/C=C\CCCC(=O)OC[C@H](COP(=O)(O)OC1[C@H](O)[C@H](O)C(O)[C@H](O)[C@H]1O)OC(=O)CCCCCC/C=C\C/C=C\C/C=C\CCCCC. The molecule has 0 aromatic rings. The van der Waals surface area contributed by atoms with Crippen LogP contribution in [0.3, 0.4) is 0 Å². The predicted molar refractivity (Wildman–Crippen MR) is 260 cm³/mol. The number of phosphoric ester groups is 1. The highest BCUT2D eigenvalue weighted by Gasteiger charge is 2.51. The van der Waals surface area contributed by atoms with Crippen molar-refractivity contribution in [3.8, 4) is 0 Å². The van der Waals surface area contributed by atoms with Gasteiger partial charge >= 0.3 is 19.8 Å². The second-order valence-electron chi connectivity index (χ2n) is 16.3. The number of unbranched alkanes of at least 4 members (excludes halogenated alkanes) is 8. The fourth-order valence-corrected chi connectivity index (χ4v) is 7.36. The van der Waals surface area contributed by atoms with Gasteiger partial charge in [-0.05, 0) is 77.0 Å². The van der Waals surface area contributed by atoms with Crippen LogP contribution >= 0.6 is 7.82 Å². The topological polar surface area (TPSA) is 250 Å². The normalized spacial score (nSPS) is 23.1. The summed E-state index contributed by atoms with van der Waals surface area (Å²) in [4.78, 5) is 35.8. The van der Waals surface area contributed by atoms with Gasteiger partial charge in [-0.2, -0.15) is 0 Å². The van der Waals surface area contributed by atoms with Crippen molar-refractivity contribution in [3.63, 3.8) is 0 Å². The summed E-state index contributed by atoms with van der Waals surface area (Å²) in [5.41, 5.74) is 0. The molecule has 15 nitrogen and oxygen atoms in total. The number of aliphatic hydroxyl groups excluding tert-OH is 7. The molecule has 3 unspecified atom stereocenters. The largest absolute Gasteiger partial charge is 0.472 e. The van der Waals surface area contributed by atoms with Crippen molar-refractivity contribution in [1.82, 2.24) is 0 Å². The highest BCUT2D eigenvalue weighted by atomic mass is 31.2. The monoisotopic (exact) mass is 965 g/mol. The summed E-state index contributed by atoms with van der Waals surface area (Å²) in [5, 5.41) is 70.2. The maximum atomic E-state index is 12.8. The van der Waals surface area contributed by atoms with Gasteiger partial charge in [-0.15, -0.1) is 0 Å². The molecule has 380 valence electrons. The third kappa shape index (κ3) is 32.0. The van der Waals surface area contributed by atoms with E-state index in [9.17, 15) is 54.8 Å². The number of hydrogen-bond acceptors (Lipinski definition) is 14. The van der Waals surface area contributed by atoms with Crippen molar-refractivity contribution in [1.29, 1.82) is 0 Å². The van der Waals surface area contributed by atoms with Gasteiger partial charge in [0.15, 0.2) is 6.10 Å². The van der Waals surface area contributed by atoms with Crippen LogP contribution in [0, 0.1) is 0 Å². The van der Waals surface area contributed by atoms with E-state index in [4.69, 9.17) is 18.5 Å². The number of carbonyl (C=O) groups is 2. The molecule has 16 heteroatoms. The molecule has 1 saturated carbocycles. The zero-order valence-corrected chi connectivity index (χ0v) is 40.5. The van der Waals surface area contributed by atoms with E-state index in [-0.39, 0.29) is 12.8 Å². The molecule has 0 radical (unpaired) electrons. The summed E-state index contributed by atoms with van der Waals surface area (Å²) >= 11 is 0. The van der Waals surface area contributed by atoms with E-state index in [1.807, 2.05) is 37.3 Å². The van der Waals surface area contributed by atoms with Crippen molar-refractivity contribution >= 4 is 19.8 Å². The average Bonchev–Trinajstić information content (AvgIpc) is 3.30. The second kappa shape index (κ2) is 39.3. The van der Waals surface area contributed by atoms with E-state index in [0.29, 0.717) is 32.1 Å². The van der Waals surface area contributed by atoms with E-state index in [1.54, 1.807) is 42.5 Å². The summed E-state index contributed by atoms with van der Waals surface area (Å²) < 4.78 is 33.4. The lowest BCUT2D eigenvalue weighted by molar-refractivity contribution is -0.220. The highest BCUT2D eigenvalue weighted by molar-refractivity contribution is 7.47. The summed E-state index contributed by atoms with van der Waals surface area (Å²) in [6.45, 7) is 2.89. The molecule has 67 heavy (non-hydrogen) atoms. The Kier molecular flexibility index (Phi) is 36.0. The molecule has 1 aliphatic carbocycles. The fourth-order valence-electron chi connectivity index (χ4n) is 6.39. The number of carbonyl (C=O) groups excluding carboxylic acids is 2. The minimum absolute atomic E-state index is 0.0209. The number of esters is 2. The summed E-state index contributed by atoms with van der Waals surface area (Å²) in [5.74, 6) is -1.32. The van der Waals surface area contributed by atoms with Crippen molar-refractivity contribution in [2.45, 2.75) is 184 Å². The Balaban J connectivity index is 2.58. The third-order valence-electron chi connectivity index (χ3n) is 10.3. The number of aliphatic hydroxyl groups is 7. The maximum absolute atomic E-state index is 12.8. The molecule has 0 heterocycles. The van der Waals surface area contributed by atoms with E-state index in [0.717, 1.165) is 51.4 Å². The zero-order valence-electron chi connectivity index (χ0n) is 39.6. The third-order valence-corrected chi connectivity index (χ3v) is 11.3. The lowest BCUT2D eigenvalue weighted by Gasteiger charge is -2.41. The first-order valence-electron chi connectivity index (χ1n) is 23.9. The Labute approximate surface area is 398 Å². The van der Waals surface area contributed by atoms with E-state index in [1.165, 1.54) is 19.3 Å². The van der Waals surface area contributed by atoms with E-state index < -0.39 is 87.9 Å². The Hall–Kier alpha value is -3.57. The Morgan fingerprint density at radius 2 is 1.12 bits per heavy atom. The van der Waals surface area contributed by atoms with Gasteiger partial charge in [0.2, 0.25) is 0 Å². The Morgan fingerprint density at radius 1 is 0.567 bits per heavy atom.